The number of carbonyl (C=O) groups excluding carboxylic acids is 1. The number of hydrogen-bond donors (Lipinski definition) is 2. The number of rotatable bonds is 4. The topological polar surface area (TPSA) is 49.3 Å². The number of carbonyl (C=O) groups is 1. The predicted octanol–water partition coefficient (Wildman–Crippen LogP) is 2.01. The van der Waals surface area contributed by atoms with Gasteiger partial charge in [-0.1, -0.05) is 28.1 Å². The van der Waals surface area contributed by atoms with Crippen LogP contribution in [-0.4, -0.2) is 17.6 Å². The quantitative estimate of drug-likeness (QED) is 0.893. The lowest BCUT2D eigenvalue weighted by Crippen LogP contribution is -2.33. The Kier molecular flexibility index (Phi) is 2.52. The van der Waals surface area contributed by atoms with Gasteiger partial charge in [0.15, 0.2) is 0 Å². The second kappa shape index (κ2) is 3.82. The van der Waals surface area contributed by atoms with Crippen molar-refractivity contribution >= 4 is 21.8 Å². The molecule has 0 aromatic heterocycles. The van der Waals surface area contributed by atoms with E-state index in [2.05, 4.69) is 21.2 Å². The van der Waals surface area contributed by atoms with Crippen molar-refractivity contribution in [3.63, 3.8) is 0 Å². The lowest BCUT2D eigenvalue weighted by molar-refractivity contribution is -0.125. The molecule has 1 amide bonds. The van der Waals surface area contributed by atoms with Gasteiger partial charge in [0.05, 0.1) is 18.1 Å². The normalized spacial score (nSPS) is 30.4. The molecule has 1 unspecified atom stereocenters. The lowest BCUT2D eigenvalue weighted by Gasteiger charge is -2.18. The van der Waals surface area contributed by atoms with Crippen molar-refractivity contribution in [2.45, 2.75) is 18.9 Å². The summed E-state index contributed by atoms with van der Waals surface area (Å²) >= 11 is 3.37. The van der Waals surface area contributed by atoms with Crippen molar-refractivity contribution in [2.24, 2.45) is 11.3 Å². The van der Waals surface area contributed by atoms with Crippen LogP contribution in [0.25, 0.3) is 0 Å². The predicted molar refractivity (Wildman–Crippen MR) is 67.3 cm³/mol. The zero-order valence-electron chi connectivity index (χ0n) is 9.32. The molecule has 0 bridgehead atoms. The van der Waals surface area contributed by atoms with E-state index < -0.39 is 0 Å². The molecule has 17 heavy (non-hydrogen) atoms. The Balaban J connectivity index is 1.70. The summed E-state index contributed by atoms with van der Waals surface area (Å²) in [7, 11) is 0. The van der Waals surface area contributed by atoms with E-state index in [0.717, 1.165) is 22.9 Å². The van der Waals surface area contributed by atoms with E-state index >= 15 is 0 Å². The zero-order chi connectivity index (χ0) is 12.0. The smallest absolute Gasteiger partial charge is 0.227 e. The fraction of sp³-hybridized carbons (Fsp3) is 0.462. The molecule has 2 aliphatic carbocycles. The van der Waals surface area contributed by atoms with Gasteiger partial charge in [-0.15, -0.1) is 0 Å². The van der Waals surface area contributed by atoms with Crippen molar-refractivity contribution in [1.29, 1.82) is 0 Å². The number of hydrogen-bond acceptors (Lipinski definition) is 2. The number of nitrogens with one attached hydrogen (secondary N) is 1. The maximum atomic E-state index is 11.9. The molecule has 1 aromatic rings. The van der Waals surface area contributed by atoms with E-state index in [0.29, 0.717) is 5.92 Å². The van der Waals surface area contributed by atoms with Gasteiger partial charge in [-0.05, 0) is 36.5 Å². The summed E-state index contributed by atoms with van der Waals surface area (Å²) in [5.74, 6) is 0.747. The highest BCUT2D eigenvalue weighted by Gasteiger charge is 2.74. The van der Waals surface area contributed by atoms with Crippen LogP contribution in [0.5, 0.6) is 0 Å². The number of benzene rings is 1. The van der Waals surface area contributed by atoms with Gasteiger partial charge in [0, 0.05) is 4.47 Å². The SMILES string of the molecule is O=C(NC(CO)c1ccc(Br)cc1)C12CC1C2. The molecule has 0 aliphatic heterocycles. The maximum Gasteiger partial charge on any atom is 0.227 e. The van der Waals surface area contributed by atoms with E-state index in [-0.39, 0.29) is 24.0 Å². The van der Waals surface area contributed by atoms with Gasteiger partial charge in [0.25, 0.3) is 0 Å². The lowest BCUT2D eigenvalue weighted by atomic mass is 10.1. The largest absolute Gasteiger partial charge is 0.394 e. The summed E-state index contributed by atoms with van der Waals surface area (Å²) in [5.41, 5.74) is 0.904. The Bertz CT molecular complexity index is 451. The molecule has 0 saturated heterocycles. The zero-order valence-corrected chi connectivity index (χ0v) is 10.9. The van der Waals surface area contributed by atoms with Gasteiger partial charge in [-0.25, -0.2) is 0 Å². The second-order valence-electron chi connectivity index (χ2n) is 5.02. The maximum absolute atomic E-state index is 11.9. The minimum Gasteiger partial charge on any atom is -0.394 e. The molecule has 2 saturated carbocycles. The standard InChI is InChI=1S/C13H14BrNO2/c14-10-3-1-8(2-4-10)11(7-16)15-12(17)13-5-9(13)6-13/h1-4,9,11,16H,5-7H2,(H,15,17). The number of aliphatic hydroxyl groups excluding tert-OH is 1. The van der Waals surface area contributed by atoms with Crippen LogP contribution in [0.4, 0.5) is 0 Å². The molecule has 0 heterocycles. The first-order chi connectivity index (χ1) is 8.15. The third-order valence-corrected chi connectivity index (χ3v) is 4.42. The van der Waals surface area contributed by atoms with Gasteiger partial charge in [0.2, 0.25) is 5.91 Å². The van der Waals surface area contributed by atoms with Gasteiger partial charge in [-0.2, -0.15) is 0 Å². The minimum absolute atomic E-state index is 0.0389. The summed E-state index contributed by atoms with van der Waals surface area (Å²) in [4.78, 5) is 11.9. The minimum atomic E-state index is -0.285. The Hall–Kier alpha value is -0.870. The van der Waals surface area contributed by atoms with E-state index in [4.69, 9.17) is 0 Å². The molecule has 3 rings (SSSR count). The summed E-state index contributed by atoms with van der Waals surface area (Å²) in [5, 5.41) is 12.3. The van der Waals surface area contributed by atoms with E-state index in [1.54, 1.807) is 0 Å². The monoisotopic (exact) mass is 295 g/mol. The van der Waals surface area contributed by atoms with Gasteiger partial charge >= 0.3 is 0 Å². The van der Waals surface area contributed by atoms with Gasteiger partial charge in [-0.3, -0.25) is 4.79 Å². The summed E-state index contributed by atoms with van der Waals surface area (Å²) in [6.45, 7) is -0.0614. The number of fused-ring (bicyclic) bond motifs is 1. The molecule has 1 atom stereocenters. The van der Waals surface area contributed by atoms with Gasteiger partial charge in [0.1, 0.15) is 0 Å². The number of aliphatic hydroxyl groups is 1. The highest BCUT2D eigenvalue weighted by molar-refractivity contribution is 9.10. The average molecular weight is 296 g/mol. The Morgan fingerprint density at radius 3 is 2.53 bits per heavy atom. The van der Waals surface area contributed by atoms with Crippen molar-refractivity contribution in [2.75, 3.05) is 6.61 Å². The fourth-order valence-electron chi connectivity index (χ4n) is 2.30. The van der Waals surface area contributed by atoms with Gasteiger partial charge < -0.3 is 10.4 Å². The first-order valence-corrected chi connectivity index (χ1v) is 6.62. The average Bonchev–Trinajstić information content (AvgIpc) is 3.15. The Labute approximate surface area is 108 Å². The molecule has 0 spiro atoms. The van der Waals surface area contributed by atoms with Crippen LogP contribution in [0.15, 0.2) is 28.7 Å². The molecule has 3 nitrogen and oxygen atoms in total. The summed E-state index contributed by atoms with van der Waals surface area (Å²) in [6, 6.07) is 7.38. The summed E-state index contributed by atoms with van der Waals surface area (Å²) in [6.07, 6.45) is 2.08. The molecule has 2 aliphatic rings. The highest BCUT2D eigenvalue weighted by Crippen LogP contribution is 2.75. The van der Waals surface area contributed by atoms with Crippen LogP contribution < -0.4 is 5.32 Å². The molecule has 2 fully saturated rings. The van der Waals surface area contributed by atoms with Crippen molar-refractivity contribution in [3.05, 3.63) is 34.3 Å². The number of amides is 1. The van der Waals surface area contributed by atoms with E-state index in [9.17, 15) is 9.90 Å². The first kappa shape index (κ1) is 11.2. The van der Waals surface area contributed by atoms with Crippen LogP contribution in [0.1, 0.15) is 24.4 Å². The summed E-state index contributed by atoms with van der Waals surface area (Å²) < 4.78 is 0.993. The third kappa shape index (κ3) is 1.89. The molecule has 4 heteroatoms. The highest BCUT2D eigenvalue weighted by atomic mass is 79.9. The van der Waals surface area contributed by atoms with Crippen LogP contribution in [-0.2, 0) is 4.79 Å². The number of halogens is 1. The van der Waals surface area contributed by atoms with Crippen molar-refractivity contribution in [1.82, 2.24) is 5.32 Å². The Morgan fingerprint density at radius 2 is 2.06 bits per heavy atom. The van der Waals surface area contributed by atoms with E-state index in [1.165, 1.54) is 0 Å². The van der Waals surface area contributed by atoms with Crippen molar-refractivity contribution in [3.8, 4) is 0 Å². The van der Waals surface area contributed by atoms with Crippen LogP contribution in [0.3, 0.4) is 0 Å². The molecule has 2 N–H and O–H groups in total. The third-order valence-electron chi connectivity index (χ3n) is 3.90. The van der Waals surface area contributed by atoms with Crippen LogP contribution in [0.2, 0.25) is 0 Å². The molecular weight excluding hydrogens is 282 g/mol. The molecular formula is C13H14BrNO2. The first-order valence-electron chi connectivity index (χ1n) is 5.83. The molecule has 90 valence electrons. The molecule has 1 aromatic carbocycles. The van der Waals surface area contributed by atoms with E-state index in [1.807, 2.05) is 24.3 Å². The fourth-order valence-corrected chi connectivity index (χ4v) is 2.57. The Morgan fingerprint density at radius 1 is 1.47 bits per heavy atom. The van der Waals surface area contributed by atoms with Crippen molar-refractivity contribution < 1.29 is 9.90 Å². The second-order valence-corrected chi connectivity index (χ2v) is 5.94. The molecule has 0 radical (unpaired) electrons. The van der Waals surface area contributed by atoms with Crippen LogP contribution in [0, 0.1) is 11.3 Å². The van der Waals surface area contributed by atoms with Crippen LogP contribution >= 0.6 is 15.9 Å².